The zero-order valence-corrected chi connectivity index (χ0v) is 22.9. The summed E-state index contributed by atoms with van der Waals surface area (Å²) in [6, 6.07) is 2.81. The second-order valence-electron chi connectivity index (χ2n) is 10.3. The molecule has 11 N–H and O–H groups in total. The topological polar surface area (TPSA) is 236 Å². The lowest BCUT2D eigenvalue weighted by Gasteiger charge is -2.26. The van der Waals surface area contributed by atoms with Crippen LogP contribution >= 0.6 is 0 Å². The Balaban J connectivity index is 2.18. The van der Waals surface area contributed by atoms with E-state index >= 15 is 0 Å². The fourth-order valence-electron chi connectivity index (χ4n) is 4.32. The van der Waals surface area contributed by atoms with E-state index in [0.29, 0.717) is 19.4 Å². The summed E-state index contributed by atoms with van der Waals surface area (Å²) in [7, 11) is 0. The molecule has 1 aromatic carbocycles. The van der Waals surface area contributed by atoms with E-state index in [9.17, 15) is 29.1 Å². The van der Waals surface area contributed by atoms with Gasteiger partial charge >= 0.3 is 5.97 Å². The number of primary amides is 1. The van der Waals surface area contributed by atoms with Crippen LogP contribution in [-0.4, -0.2) is 70.4 Å². The number of carbonyl (C=O) groups excluding carboxylic acids is 4. The summed E-state index contributed by atoms with van der Waals surface area (Å²) >= 11 is 0. The summed E-state index contributed by atoms with van der Waals surface area (Å²) in [5.41, 5.74) is 18.0. The maximum atomic E-state index is 13.3. The molecule has 13 nitrogen and oxygen atoms in total. The number of aromatic amines is 1. The summed E-state index contributed by atoms with van der Waals surface area (Å²) < 4.78 is 0. The third-order valence-corrected chi connectivity index (χ3v) is 6.39. The zero-order chi connectivity index (χ0) is 29.8. The van der Waals surface area contributed by atoms with Crippen molar-refractivity contribution in [3.05, 3.63) is 36.0 Å². The first-order chi connectivity index (χ1) is 18.9. The molecule has 4 amide bonds. The van der Waals surface area contributed by atoms with Crippen molar-refractivity contribution in [2.45, 2.75) is 76.5 Å². The molecule has 13 heteroatoms. The predicted molar refractivity (Wildman–Crippen MR) is 150 cm³/mol. The van der Waals surface area contributed by atoms with Crippen molar-refractivity contribution in [1.82, 2.24) is 20.9 Å². The van der Waals surface area contributed by atoms with Gasteiger partial charge in [-0.05, 0) is 49.8 Å². The van der Waals surface area contributed by atoms with E-state index in [0.717, 1.165) is 16.5 Å². The molecule has 0 saturated carbocycles. The number of aliphatic carboxylic acids is 1. The lowest BCUT2D eigenvalue weighted by Crippen LogP contribution is -2.57. The van der Waals surface area contributed by atoms with E-state index in [4.69, 9.17) is 17.2 Å². The number of benzene rings is 1. The van der Waals surface area contributed by atoms with Crippen molar-refractivity contribution in [1.29, 1.82) is 0 Å². The Morgan fingerprint density at radius 2 is 1.55 bits per heavy atom. The van der Waals surface area contributed by atoms with Gasteiger partial charge in [0.25, 0.3) is 0 Å². The van der Waals surface area contributed by atoms with Crippen LogP contribution in [0.1, 0.15) is 51.5 Å². The number of carboxylic acids is 1. The minimum Gasteiger partial charge on any atom is -0.480 e. The van der Waals surface area contributed by atoms with Gasteiger partial charge in [-0.15, -0.1) is 0 Å². The Kier molecular flexibility index (Phi) is 12.6. The summed E-state index contributed by atoms with van der Waals surface area (Å²) in [6.45, 7) is 4.08. The summed E-state index contributed by atoms with van der Waals surface area (Å²) in [5, 5.41) is 18.4. The van der Waals surface area contributed by atoms with Gasteiger partial charge in [-0.2, -0.15) is 0 Å². The monoisotopic (exact) mass is 559 g/mol. The fraction of sp³-hybridized carbons (Fsp3) is 0.519. The minimum absolute atomic E-state index is 0.0134. The number of aromatic nitrogens is 1. The van der Waals surface area contributed by atoms with E-state index in [-0.39, 0.29) is 31.6 Å². The standard InChI is InChI=1S/C27H41N7O6/c1-15(2)11-21(33-24(36)18(29)13-23(30)35)26(38)32-20(9-5-6-10-28)25(37)34-22(27(39)40)12-16-14-31-19-8-4-3-7-17(16)19/h3-4,7-8,14-15,18,20-22,31H,5-6,9-13,28-29H2,1-2H3,(H2,30,35)(H,32,38)(H,33,36)(H,34,37)(H,39,40). The van der Waals surface area contributed by atoms with Gasteiger partial charge in [0.05, 0.1) is 12.5 Å². The molecular weight excluding hydrogens is 518 g/mol. The number of H-pyrrole nitrogens is 1. The van der Waals surface area contributed by atoms with Crippen molar-refractivity contribution >= 4 is 40.5 Å². The average Bonchev–Trinajstić information content (AvgIpc) is 3.29. The van der Waals surface area contributed by atoms with Gasteiger partial charge in [0, 0.05) is 23.5 Å². The summed E-state index contributed by atoms with van der Waals surface area (Å²) in [6.07, 6.45) is 2.87. The number of unbranched alkanes of at least 4 members (excludes halogenated alkanes) is 1. The van der Waals surface area contributed by atoms with Crippen LogP contribution < -0.4 is 33.2 Å². The van der Waals surface area contributed by atoms with Gasteiger partial charge in [0.15, 0.2) is 0 Å². The maximum Gasteiger partial charge on any atom is 0.326 e. The molecule has 0 fully saturated rings. The van der Waals surface area contributed by atoms with Crippen LogP contribution in [0.5, 0.6) is 0 Å². The maximum absolute atomic E-state index is 13.3. The SMILES string of the molecule is CC(C)CC(NC(=O)C(N)CC(N)=O)C(=O)NC(CCCCN)C(=O)NC(Cc1c[nH]c2ccccc12)C(=O)O. The molecule has 0 spiro atoms. The lowest BCUT2D eigenvalue weighted by atomic mass is 10.0. The van der Waals surface area contributed by atoms with E-state index in [1.807, 2.05) is 38.1 Å². The fourth-order valence-corrected chi connectivity index (χ4v) is 4.32. The third-order valence-electron chi connectivity index (χ3n) is 6.39. The number of carbonyl (C=O) groups is 5. The molecular formula is C27H41N7O6. The highest BCUT2D eigenvalue weighted by atomic mass is 16.4. The summed E-state index contributed by atoms with van der Waals surface area (Å²) in [4.78, 5) is 65.3. The number of amides is 4. The molecule has 1 aromatic heterocycles. The second kappa shape index (κ2) is 15.6. The first-order valence-electron chi connectivity index (χ1n) is 13.4. The number of hydrogen-bond donors (Lipinski definition) is 8. The Morgan fingerprint density at radius 3 is 2.17 bits per heavy atom. The third kappa shape index (κ3) is 9.97. The molecule has 220 valence electrons. The van der Waals surface area contributed by atoms with E-state index < -0.39 is 53.8 Å². The predicted octanol–water partition coefficient (Wildman–Crippen LogP) is -0.373. The molecule has 0 saturated heterocycles. The highest BCUT2D eigenvalue weighted by Gasteiger charge is 2.31. The highest BCUT2D eigenvalue weighted by molar-refractivity contribution is 5.95. The van der Waals surface area contributed by atoms with Crippen LogP contribution in [-0.2, 0) is 30.4 Å². The van der Waals surface area contributed by atoms with Gasteiger partial charge in [-0.25, -0.2) is 4.79 Å². The van der Waals surface area contributed by atoms with E-state index in [1.165, 1.54) is 0 Å². The van der Waals surface area contributed by atoms with Crippen molar-refractivity contribution in [2.75, 3.05) is 6.54 Å². The van der Waals surface area contributed by atoms with Crippen LogP contribution in [0.25, 0.3) is 10.9 Å². The van der Waals surface area contributed by atoms with Crippen molar-refractivity contribution in [3.8, 4) is 0 Å². The number of carboxylic acid groups (broad SMARTS) is 1. The zero-order valence-electron chi connectivity index (χ0n) is 22.9. The number of nitrogens with two attached hydrogens (primary N) is 3. The number of para-hydroxylation sites is 1. The quantitative estimate of drug-likeness (QED) is 0.119. The van der Waals surface area contributed by atoms with Crippen LogP contribution in [0.3, 0.4) is 0 Å². The van der Waals surface area contributed by atoms with E-state index in [2.05, 4.69) is 20.9 Å². The van der Waals surface area contributed by atoms with E-state index in [1.54, 1.807) is 6.20 Å². The molecule has 2 aromatic rings. The molecule has 4 unspecified atom stereocenters. The smallest absolute Gasteiger partial charge is 0.326 e. The summed E-state index contributed by atoms with van der Waals surface area (Å²) in [5.74, 6) is -4.03. The first kappa shape index (κ1) is 32.2. The normalized spacial score (nSPS) is 14.2. The average molecular weight is 560 g/mol. The Hall–Kier alpha value is -3.97. The van der Waals surface area contributed by atoms with Crippen LogP contribution in [0.2, 0.25) is 0 Å². The Morgan fingerprint density at radius 1 is 0.925 bits per heavy atom. The number of hydrogen-bond acceptors (Lipinski definition) is 7. The molecule has 0 aliphatic heterocycles. The van der Waals surface area contributed by atoms with Crippen LogP contribution in [0, 0.1) is 5.92 Å². The Labute approximate surface area is 233 Å². The molecule has 0 aliphatic rings. The molecule has 0 aliphatic carbocycles. The lowest BCUT2D eigenvalue weighted by molar-refractivity contribution is -0.142. The van der Waals surface area contributed by atoms with Crippen LogP contribution in [0.15, 0.2) is 30.5 Å². The number of fused-ring (bicyclic) bond motifs is 1. The van der Waals surface area contributed by atoms with Gasteiger partial charge in [-0.1, -0.05) is 32.0 Å². The van der Waals surface area contributed by atoms with Gasteiger partial charge in [-0.3, -0.25) is 19.2 Å². The minimum atomic E-state index is -1.25. The molecule has 0 bridgehead atoms. The number of rotatable bonds is 17. The van der Waals surface area contributed by atoms with Crippen molar-refractivity contribution in [3.63, 3.8) is 0 Å². The molecule has 1 heterocycles. The highest BCUT2D eigenvalue weighted by Crippen LogP contribution is 2.19. The molecule has 0 radical (unpaired) electrons. The Bertz CT molecular complexity index is 1180. The molecule has 40 heavy (non-hydrogen) atoms. The largest absolute Gasteiger partial charge is 0.480 e. The van der Waals surface area contributed by atoms with Crippen molar-refractivity contribution < 1.29 is 29.1 Å². The number of nitrogens with one attached hydrogen (secondary N) is 4. The van der Waals surface area contributed by atoms with Gasteiger partial charge < -0.3 is 43.2 Å². The molecule has 2 rings (SSSR count). The van der Waals surface area contributed by atoms with Crippen LogP contribution in [0.4, 0.5) is 0 Å². The van der Waals surface area contributed by atoms with Gasteiger partial charge in [0.2, 0.25) is 23.6 Å². The van der Waals surface area contributed by atoms with Crippen molar-refractivity contribution in [2.24, 2.45) is 23.1 Å². The molecule has 4 atom stereocenters. The second-order valence-corrected chi connectivity index (χ2v) is 10.3. The first-order valence-corrected chi connectivity index (χ1v) is 13.4. The van der Waals surface area contributed by atoms with Gasteiger partial charge in [0.1, 0.15) is 18.1 Å².